The monoisotopic (exact) mass is 229 g/mol. The van der Waals surface area contributed by atoms with Gasteiger partial charge >= 0.3 is 0 Å². The summed E-state index contributed by atoms with van der Waals surface area (Å²) >= 11 is 7.36. The molecular weight excluding hydrogens is 218 g/mol. The summed E-state index contributed by atoms with van der Waals surface area (Å²) in [6.07, 6.45) is 2.30. The molecule has 2 N–H and O–H groups in total. The summed E-state index contributed by atoms with van der Waals surface area (Å²) in [6, 6.07) is 5.34. The summed E-state index contributed by atoms with van der Waals surface area (Å²) in [5.74, 6) is 0.0550. The van der Waals surface area contributed by atoms with E-state index in [1.165, 1.54) is 11.8 Å². The van der Waals surface area contributed by atoms with Gasteiger partial charge in [-0.15, -0.1) is 11.8 Å². The van der Waals surface area contributed by atoms with Gasteiger partial charge in [-0.3, -0.25) is 4.79 Å². The van der Waals surface area contributed by atoms with E-state index < -0.39 is 0 Å². The van der Waals surface area contributed by atoms with Crippen LogP contribution >= 0.6 is 23.4 Å². The average molecular weight is 230 g/mol. The van der Waals surface area contributed by atoms with Gasteiger partial charge in [0.1, 0.15) is 0 Å². The van der Waals surface area contributed by atoms with E-state index >= 15 is 0 Å². The predicted molar refractivity (Wildman–Crippen MR) is 61.2 cm³/mol. The topological polar surface area (TPSA) is 43.1 Å². The minimum absolute atomic E-state index is 0.0550. The van der Waals surface area contributed by atoms with Crippen LogP contribution in [0.25, 0.3) is 0 Å². The van der Waals surface area contributed by atoms with E-state index in [-0.39, 0.29) is 5.78 Å². The standard InChI is InChI=1S/C10H12ClNOS/c1-14-10-3-2-7(11)6-8(10)9(13)4-5-12/h2-3,6H,4-5,12H2,1H3. The molecule has 1 aromatic carbocycles. The molecule has 0 bridgehead atoms. The SMILES string of the molecule is CSc1ccc(Cl)cc1C(=O)CCN. The second-order valence-corrected chi connectivity index (χ2v) is 4.09. The van der Waals surface area contributed by atoms with Gasteiger partial charge in [0.2, 0.25) is 0 Å². The fraction of sp³-hybridized carbons (Fsp3) is 0.300. The van der Waals surface area contributed by atoms with Crippen molar-refractivity contribution in [2.24, 2.45) is 5.73 Å². The Morgan fingerprint density at radius 1 is 1.57 bits per heavy atom. The maximum atomic E-state index is 11.6. The molecule has 4 heteroatoms. The zero-order chi connectivity index (χ0) is 10.6. The minimum atomic E-state index is 0.0550. The molecule has 1 rings (SSSR count). The summed E-state index contributed by atoms with van der Waals surface area (Å²) in [6.45, 7) is 0.374. The second-order valence-electron chi connectivity index (χ2n) is 2.81. The van der Waals surface area contributed by atoms with Crippen LogP contribution in [0.1, 0.15) is 16.8 Å². The highest BCUT2D eigenvalue weighted by molar-refractivity contribution is 7.98. The number of hydrogen-bond donors (Lipinski definition) is 1. The Kier molecular flexibility index (Phi) is 4.45. The van der Waals surface area contributed by atoms with Crippen molar-refractivity contribution in [3.63, 3.8) is 0 Å². The van der Waals surface area contributed by atoms with Crippen molar-refractivity contribution >= 4 is 29.1 Å². The van der Waals surface area contributed by atoms with E-state index in [2.05, 4.69) is 0 Å². The van der Waals surface area contributed by atoms with E-state index in [4.69, 9.17) is 17.3 Å². The van der Waals surface area contributed by atoms with Crippen molar-refractivity contribution < 1.29 is 4.79 Å². The van der Waals surface area contributed by atoms with E-state index in [1.807, 2.05) is 12.3 Å². The number of rotatable bonds is 4. The van der Waals surface area contributed by atoms with Gasteiger partial charge in [0.25, 0.3) is 0 Å². The van der Waals surface area contributed by atoms with E-state index in [0.717, 1.165) is 4.90 Å². The molecule has 0 radical (unpaired) electrons. The maximum Gasteiger partial charge on any atom is 0.165 e. The third kappa shape index (κ3) is 2.74. The molecule has 0 aliphatic carbocycles. The summed E-state index contributed by atoms with van der Waals surface area (Å²) < 4.78 is 0. The first-order valence-electron chi connectivity index (χ1n) is 4.26. The zero-order valence-electron chi connectivity index (χ0n) is 7.92. The normalized spacial score (nSPS) is 10.2. The Bertz CT molecular complexity index is 341. The highest BCUT2D eigenvalue weighted by Gasteiger charge is 2.10. The lowest BCUT2D eigenvalue weighted by Gasteiger charge is -2.05. The highest BCUT2D eigenvalue weighted by Crippen LogP contribution is 2.24. The average Bonchev–Trinajstić information content (AvgIpc) is 2.18. The van der Waals surface area contributed by atoms with Crippen LogP contribution in [0, 0.1) is 0 Å². The van der Waals surface area contributed by atoms with Crippen LogP contribution in [0.2, 0.25) is 5.02 Å². The number of carbonyl (C=O) groups is 1. The molecule has 2 nitrogen and oxygen atoms in total. The molecule has 0 amide bonds. The molecule has 0 heterocycles. The zero-order valence-corrected chi connectivity index (χ0v) is 9.49. The Hall–Kier alpha value is -0.510. The van der Waals surface area contributed by atoms with Crippen LogP contribution < -0.4 is 5.73 Å². The smallest absolute Gasteiger partial charge is 0.165 e. The third-order valence-corrected chi connectivity index (χ3v) is 2.86. The number of ketones is 1. The van der Waals surface area contributed by atoms with Gasteiger partial charge in [0.05, 0.1) is 0 Å². The maximum absolute atomic E-state index is 11.6. The van der Waals surface area contributed by atoms with Crippen molar-refractivity contribution in [2.45, 2.75) is 11.3 Å². The largest absolute Gasteiger partial charge is 0.330 e. The van der Waals surface area contributed by atoms with Crippen LogP contribution in [0.3, 0.4) is 0 Å². The first-order valence-corrected chi connectivity index (χ1v) is 5.86. The number of benzene rings is 1. The highest BCUT2D eigenvalue weighted by atomic mass is 35.5. The van der Waals surface area contributed by atoms with Crippen molar-refractivity contribution in [3.8, 4) is 0 Å². The molecule has 14 heavy (non-hydrogen) atoms. The Morgan fingerprint density at radius 3 is 2.86 bits per heavy atom. The molecular formula is C10H12ClNOS. The van der Waals surface area contributed by atoms with E-state index in [0.29, 0.717) is 23.6 Å². The van der Waals surface area contributed by atoms with E-state index in [9.17, 15) is 4.79 Å². The van der Waals surface area contributed by atoms with Gasteiger partial charge in [0.15, 0.2) is 5.78 Å². The van der Waals surface area contributed by atoms with Crippen LogP contribution in [0.15, 0.2) is 23.1 Å². The number of Topliss-reactive ketones (excluding diaryl/α,β-unsaturated/α-hetero) is 1. The molecule has 0 unspecified atom stereocenters. The molecule has 1 aromatic rings. The number of hydrogen-bond acceptors (Lipinski definition) is 3. The quantitative estimate of drug-likeness (QED) is 0.638. The van der Waals surface area contributed by atoms with Crippen LogP contribution in [-0.2, 0) is 0 Å². The van der Waals surface area contributed by atoms with Gasteiger partial charge < -0.3 is 5.73 Å². The van der Waals surface area contributed by atoms with Crippen molar-refractivity contribution in [1.29, 1.82) is 0 Å². The molecule has 76 valence electrons. The molecule has 0 saturated carbocycles. The Labute approximate surface area is 92.8 Å². The van der Waals surface area contributed by atoms with Crippen LogP contribution in [0.5, 0.6) is 0 Å². The third-order valence-electron chi connectivity index (χ3n) is 1.83. The number of halogens is 1. The summed E-state index contributed by atoms with van der Waals surface area (Å²) in [7, 11) is 0. The van der Waals surface area contributed by atoms with E-state index in [1.54, 1.807) is 12.1 Å². The number of thioether (sulfide) groups is 1. The lowest BCUT2D eigenvalue weighted by Crippen LogP contribution is -2.09. The number of carbonyl (C=O) groups excluding carboxylic acids is 1. The minimum Gasteiger partial charge on any atom is -0.330 e. The second kappa shape index (κ2) is 5.39. The first kappa shape index (κ1) is 11.6. The van der Waals surface area contributed by atoms with Gasteiger partial charge in [-0.05, 0) is 31.0 Å². The van der Waals surface area contributed by atoms with Crippen molar-refractivity contribution in [3.05, 3.63) is 28.8 Å². The fourth-order valence-corrected chi connectivity index (χ4v) is 1.93. The molecule has 0 fully saturated rings. The van der Waals surface area contributed by atoms with Crippen molar-refractivity contribution in [2.75, 3.05) is 12.8 Å². The number of nitrogens with two attached hydrogens (primary N) is 1. The van der Waals surface area contributed by atoms with Gasteiger partial charge in [-0.2, -0.15) is 0 Å². The molecule has 0 aliphatic rings. The lowest BCUT2D eigenvalue weighted by molar-refractivity contribution is 0.0982. The van der Waals surface area contributed by atoms with Gasteiger partial charge in [-0.25, -0.2) is 0 Å². The van der Waals surface area contributed by atoms with Crippen LogP contribution in [0.4, 0.5) is 0 Å². The molecule has 0 spiro atoms. The van der Waals surface area contributed by atoms with Crippen molar-refractivity contribution in [1.82, 2.24) is 0 Å². The van der Waals surface area contributed by atoms with Gasteiger partial charge in [0, 0.05) is 21.9 Å². The summed E-state index contributed by atoms with van der Waals surface area (Å²) in [5.41, 5.74) is 6.01. The molecule has 0 aliphatic heterocycles. The summed E-state index contributed by atoms with van der Waals surface area (Å²) in [4.78, 5) is 12.6. The van der Waals surface area contributed by atoms with Gasteiger partial charge in [-0.1, -0.05) is 11.6 Å². The molecule has 0 aromatic heterocycles. The Morgan fingerprint density at radius 2 is 2.29 bits per heavy atom. The lowest BCUT2D eigenvalue weighted by atomic mass is 10.1. The molecule has 0 saturated heterocycles. The Balaban J connectivity index is 3.03. The fourth-order valence-electron chi connectivity index (χ4n) is 1.16. The van der Waals surface area contributed by atoms with Crippen LogP contribution in [-0.4, -0.2) is 18.6 Å². The first-order chi connectivity index (χ1) is 6.69. The molecule has 0 atom stereocenters. The summed E-state index contributed by atoms with van der Waals surface area (Å²) in [5, 5.41) is 0.586. The predicted octanol–water partition coefficient (Wildman–Crippen LogP) is 2.59.